The summed E-state index contributed by atoms with van der Waals surface area (Å²) in [7, 11) is -7.75. The van der Waals surface area contributed by atoms with Gasteiger partial charge < -0.3 is 69.6 Å². The first kappa shape index (κ1) is 49.6. The minimum atomic E-state index is -6.00. The van der Waals surface area contributed by atoms with E-state index in [1.54, 1.807) is 0 Å². The van der Waals surface area contributed by atoms with Crippen LogP contribution in [0.1, 0.15) is 45.5 Å². The second-order valence-corrected chi connectivity index (χ2v) is 10.3. The molecule has 0 unspecified atom stereocenters. The Morgan fingerprint density at radius 3 is 1.30 bits per heavy atom. The minimum Gasteiger partial charge on any atom is -0.791 e. The summed E-state index contributed by atoms with van der Waals surface area (Å²) in [5, 5.41) is 0. The zero-order valence-corrected chi connectivity index (χ0v) is 29.8. The van der Waals surface area contributed by atoms with Crippen molar-refractivity contribution in [3.8, 4) is 0 Å². The molecule has 0 N–H and O–H groups in total. The fourth-order valence-electron chi connectivity index (χ4n) is 3.67. The second kappa shape index (κ2) is 25.8. The Morgan fingerprint density at radius 2 is 1.00 bits per heavy atom. The van der Waals surface area contributed by atoms with Gasteiger partial charge in [-0.3, -0.25) is 4.98 Å². The Bertz CT molecular complexity index is 931. The topological polar surface area (TPSA) is 19.4 Å². The molecule has 0 bridgehead atoms. The maximum atomic E-state index is 9.75. The smallest absolute Gasteiger partial charge is 0.791 e. The van der Waals surface area contributed by atoms with Gasteiger partial charge in [0.15, 0.2) is 0 Å². The molecule has 0 spiro atoms. The van der Waals surface area contributed by atoms with Crippen LogP contribution < -0.4 is 0 Å². The van der Waals surface area contributed by atoms with E-state index in [1.807, 2.05) is 12.3 Å². The van der Waals surface area contributed by atoms with Gasteiger partial charge in [0.2, 0.25) is 0 Å². The molecular weight excluding hydrogens is 752 g/mol. The van der Waals surface area contributed by atoms with Gasteiger partial charge in [-0.05, 0) is 127 Å². The average molecular weight is 793 g/mol. The van der Waals surface area contributed by atoms with Crippen LogP contribution in [0.2, 0.25) is 0 Å². The molecule has 0 radical (unpaired) electrons. The fourth-order valence-corrected chi connectivity index (χ4v) is 4.30. The standard InChI is InChI=1S/C17H21N.C9H22N2S2.2BF4.Ni.Ru/c1-11-12(2)14(4)17(15(5)13(11)3)10-16-8-6-7-9-18-16;1-10(6-8-12)4-3-5-11(2)7-9-13;2*2-1(3,4)5;;/h6-9H,10H2,1-5H3;12-13H,3-9H2,1-2H3;;;;/q;;2*-1;2*+2/p-2. The van der Waals surface area contributed by atoms with Crippen LogP contribution in [0.15, 0.2) is 24.4 Å². The Labute approximate surface area is 286 Å². The summed E-state index contributed by atoms with van der Waals surface area (Å²) >= 11 is 9.81. The van der Waals surface area contributed by atoms with Crippen LogP contribution >= 0.6 is 0 Å². The molecule has 0 aliphatic carbocycles. The summed E-state index contributed by atoms with van der Waals surface area (Å²) in [6, 6.07) is 6.12. The molecule has 1 heterocycles. The summed E-state index contributed by atoms with van der Waals surface area (Å²) in [5.41, 5.74) is 9.69. The number of nitrogens with zero attached hydrogens (tertiary/aromatic N) is 3. The van der Waals surface area contributed by atoms with Crippen LogP contribution in [0.4, 0.5) is 34.5 Å². The molecule has 43 heavy (non-hydrogen) atoms. The van der Waals surface area contributed by atoms with Gasteiger partial charge in [0.25, 0.3) is 0 Å². The predicted octanol–water partition coefficient (Wildman–Crippen LogP) is 7.14. The first-order valence-corrected chi connectivity index (χ1v) is 14.1. The zero-order chi connectivity index (χ0) is 32.4. The first-order chi connectivity index (χ1) is 18.7. The quantitative estimate of drug-likeness (QED) is 0.144. The number of halogens is 8. The molecule has 252 valence electrons. The van der Waals surface area contributed by atoms with Crippen LogP contribution in [-0.2, 0) is 67.6 Å². The summed E-state index contributed by atoms with van der Waals surface area (Å²) in [6.45, 7) is 15.4. The van der Waals surface area contributed by atoms with Crippen molar-refractivity contribution in [2.24, 2.45) is 0 Å². The number of pyridine rings is 1. The van der Waals surface area contributed by atoms with Crippen molar-refractivity contribution in [1.82, 2.24) is 14.8 Å². The zero-order valence-electron chi connectivity index (χ0n) is 25.5. The van der Waals surface area contributed by atoms with E-state index >= 15 is 0 Å². The molecule has 17 heteroatoms. The van der Waals surface area contributed by atoms with Gasteiger partial charge in [-0.25, -0.2) is 0 Å². The third kappa shape index (κ3) is 28.9. The number of hydrogen-bond acceptors (Lipinski definition) is 5. The SMILES string of the molecule is CN(CC[S-])CCCN(C)CC[S-].Cc1c(C)c(C)c(Cc2ccccn2)c(C)c1C.F[B-](F)(F)F.F[B-](F)(F)F.[Ni+2].[Ru+2]. The molecule has 0 saturated carbocycles. The van der Waals surface area contributed by atoms with Gasteiger partial charge in [0.1, 0.15) is 0 Å². The van der Waals surface area contributed by atoms with Gasteiger partial charge in [-0.1, -0.05) is 6.07 Å². The second-order valence-electron chi connectivity index (χ2n) is 9.46. The summed E-state index contributed by atoms with van der Waals surface area (Å²) in [5.74, 6) is 1.66. The van der Waals surface area contributed by atoms with Crippen molar-refractivity contribution in [2.45, 2.75) is 47.5 Å². The fraction of sp³-hybridized carbons (Fsp3) is 0.577. The van der Waals surface area contributed by atoms with E-state index in [9.17, 15) is 34.5 Å². The van der Waals surface area contributed by atoms with E-state index in [1.165, 1.54) is 39.8 Å². The Balaban J connectivity index is -0.000000267. The van der Waals surface area contributed by atoms with E-state index in [0.717, 1.165) is 49.8 Å². The molecule has 0 saturated heterocycles. The Morgan fingerprint density at radius 1 is 0.651 bits per heavy atom. The Kier molecular flexibility index (Phi) is 29.8. The molecule has 0 aliphatic rings. The molecule has 1 aromatic heterocycles. The van der Waals surface area contributed by atoms with Crippen molar-refractivity contribution in [3.63, 3.8) is 0 Å². The van der Waals surface area contributed by atoms with E-state index in [2.05, 4.69) is 75.6 Å². The monoisotopic (exact) mass is 793 g/mol. The molecular formula is C26H41B2F8N3NiRuS2. The summed E-state index contributed by atoms with van der Waals surface area (Å²) < 4.78 is 78.0. The molecule has 3 nitrogen and oxygen atoms in total. The van der Waals surface area contributed by atoms with Crippen LogP contribution in [0.25, 0.3) is 0 Å². The van der Waals surface area contributed by atoms with Crippen LogP contribution in [0.5, 0.6) is 0 Å². The number of hydrogen-bond donors (Lipinski definition) is 0. The molecule has 2 rings (SSSR count). The van der Waals surface area contributed by atoms with Crippen molar-refractivity contribution < 1.29 is 70.5 Å². The van der Waals surface area contributed by atoms with Crippen LogP contribution in [0, 0.1) is 34.6 Å². The van der Waals surface area contributed by atoms with E-state index in [4.69, 9.17) is 25.3 Å². The van der Waals surface area contributed by atoms with Gasteiger partial charge in [-0.15, -0.1) is 0 Å². The van der Waals surface area contributed by atoms with Crippen molar-refractivity contribution in [3.05, 3.63) is 63.5 Å². The van der Waals surface area contributed by atoms with Gasteiger partial charge in [-0.2, -0.15) is 11.5 Å². The Hall–Kier alpha value is -0.323. The van der Waals surface area contributed by atoms with E-state index in [0.29, 0.717) is 0 Å². The van der Waals surface area contributed by atoms with Crippen molar-refractivity contribution in [1.29, 1.82) is 0 Å². The van der Waals surface area contributed by atoms with Crippen molar-refractivity contribution in [2.75, 3.05) is 51.8 Å². The van der Waals surface area contributed by atoms with Crippen LogP contribution in [0.3, 0.4) is 0 Å². The minimum absolute atomic E-state index is 0. The molecule has 0 atom stereocenters. The molecule has 0 amide bonds. The maximum absolute atomic E-state index is 9.75. The maximum Gasteiger partial charge on any atom is 2.00 e. The number of aromatic nitrogens is 1. The summed E-state index contributed by atoms with van der Waals surface area (Å²) in [6.07, 6.45) is 4.01. The third-order valence-electron chi connectivity index (χ3n) is 6.27. The molecule has 0 aliphatic heterocycles. The molecule has 2 aromatic rings. The average Bonchev–Trinajstić information content (AvgIpc) is 2.84. The predicted molar refractivity (Wildman–Crippen MR) is 162 cm³/mol. The largest absolute Gasteiger partial charge is 2.00 e. The summed E-state index contributed by atoms with van der Waals surface area (Å²) in [4.78, 5) is 9.01. The van der Waals surface area contributed by atoms with Gasteiger partial charge in [0, 0.05) is 18.3 Å². The van der Waals surface area contributed by atoms with Gasteiger partial charge in [0.05, 0.1) is 0 Å². The van der Waals surface area contributed by atoms with Crippen LogP contribution in [-0.4, -0.2) is 81.1 Å². The van der Waals surface area contributed by atoms with Crippen molar-refractivity contribution >= 4 is 39.8 Å². The molecule has 1 aromatic carbocycles. The number of rotatable bonds is 10. The first-order valence-electron chi connectivity index (χ1n) is 13.0. The van der Waals surface area contributed by atoms with E-state index < -0.39 is 14.5 Å². The third-order valence-corrected chi connectivity index (χ3v) is 6.63. The van der Waals surface area contributed by atoms with Gasteiger partial charge >= 0.3 is 50.5 Å². The number of benzene rings is 1. The molecule has 0 fully saturated rings. The normalized spacial score (nSPS) is 10.8. The van der Waals surface area contributed by atoms with E-state index in [-0.39, 0.29) is 36.0 Å².